The van der Waals surface area contributed by atoms with Gasteiger partial charge in [-0.05, 0) is 42.3 Å². The molecule has 0 aliphatic rings. The standard InChI is InChI=1S/C23H23FN2O5/c1-3-30-23(29)14-26(12-16-4-6-18(24)7-5-16)13-17-10-22(28)31-21-11-19(25-15(2)27)8-9-20(17)21/h4-11H,3,12-14H2,1-2H3,(H,25,27). The van der Waals surface area contributed by atoms with E-state index in [1.165, 1.54) is 25.1 Å². The summed E-state index contributed by atoms with van der Waals surface area (Å²) in [6, 6.07) is 12.4. The van der Waals surface area contributed by atoms with Crippen LogP contribution in [0.4, 0.5) is 10.1 Å². The fourth-order valence-electron chi connectivity index (χ4n) is 3.29. The lowest BCUT2D eigenvalue weighted by Crippen LogP contribution is -2.30. The maximum absolute atomic E-state index is 13.3. The third kappa shape index (κ3) is 6.23. The Kier molecular flexibility index (Phi) is 7.15. The number of esters is 1. The summed E-state index contributed by atoms with van der Waals surface area (Å²) in [4.78, 5) is 37.4. The summed E-state index contributed by atoms with van der Waals surface area (Å²) in [5.41, 5.74) is 1.76. The zero-order valence-electron chi connectivity index (χ0n) is 17.3. The maximum atomic E-state index is 13.3. The van der Waals surface area contributed by atoms with E-state index in [4.69, 9.17) is 9.15 Å². The van der Waals surface area contributed by atoms with Crippen molar-refractivity contribution >= 4 is 28.5 Å². The number of amides is 1. The average molecular weight is 426 g/mol. The molecule has 0 fully saturated rings. The van der Waals surface area contributed by atoms with Crippen LogP contribution in [0.5, 0.6) is 0 Å². The number of halogens is 1. The van der Waals surface area contributed by atoms with E-state index < -0.39 is 11.6 Å². The van der Waals surface area contributed by atoms with Gasteiger partial charge >= 0.3 is 11.6 Å². The number of hydrogen-bond acceptors (Lipinski definition) is 6. The Labute approximate surface area is 178 Å². The van der Waals surface area contributed by atoms with Crippen molar-refractivity contribution in [2.45, 2.75) is 26.9 Å². The minimum atomic E-state index is -0.541. The first-order chi connectivity index (χ1) is 14.8. The number of hydrogen-bond donors (Lipinski definition) is 1. The number of nitrogens with one attached hydrogen (secondary N) is 1. The van der Waals surface area contributed by atoms with Crippen LogP contribution in [0.1, 0.15) is 25.0 Å². The summed E-state index contributed by atoms with van der Waals surface area (Å²) in [6.07, 6.45) is 0. The summed E-state index contributed by atoms with van der Waals surface area (Å²) in [5, 5.41) is 3.33. The fraction of sp³-hybridized carbons (Fsp3) is 0.261. The number of anilines is 1. The Morgan fingerprint density at radius 3 is 2.52 bits per heavy atom. The van der Waals surface area contributed by atoms with Crippen LogP contribution in [-0.4, -0.2) is 29.9 Å². The molecule has 0 saturated heterocycles. The molecule has 1 amide bonds. The van der Waals surface area contributed by atoms with Crippen molar-refractivity contribution in [2.75, 3.05) is 18.5 Å². The van der Waals surface area contributed by atoms with Crippen molar-refractivity contribution in [3.63, 3.8) is 0 Å². The maximum Gasteiger partial charge on any atom is 0.336 e. The number of fused-ring (bicyclic) bond motifs is 1. The van der Waals surface area contributed by atoms with Crippen LogP contribution in [0, 0.1) is 5.82 Å². The summed E-state index contributed by atoms with van der Waals surface area (Å²) in [5.74, 6) is -0.982. The lowest BCUT2D eigenvalue weighted by atomic mass is 10.1. The lowest BCUT2D eigenvalue weighted by molar-refractivity contribution is -0.144. The van der Waals surface area contributed by atoms with E-state index in [0.29, 0.717) is 28.8 Å². The summed E-state index contributed by atoms with van der Waals surface area (Å²) in [7, 11) is 0. The zero-order valence-corrected chi connectivity index (χ0v) is 17.3. The van der Waals surface area contributed by atoms with Gasteiger partial charge < -0.3 is 14.5 Å². The molecule has 0 aliphatic carbocycles. The quantitative estimate of drug-likeness (QED) is 0.438. The summed E-state index contributed by atoms with van der Waals surface area (Å²) in [6.45, 7) is 3.98. The topological polar surface area (TPSA) is 88.8 Å². The van der Waals surface area contributed by atoms with Crippen LogP contribution < -0.4 is 10.9 Å². The third-order valence-electron chi connectivity index (χ3n) is 4.52. The van der Waals surface area contributed by atoms with Crippen LogP contribution in [0.15, 0.2) is 57.7 Å². The normalized spacial score (nSPS) is 11.0. The van der Waals surface area contributed by atoms with Crippen molar-refractivity contribution in [2.24, 2.45) is 0 Å². The molecule has 1 N–H and O–H groups in total. The second-order valence-electron chi connectivity index (χ2n) is 7.06. The highest BCUT2D eigenvalue weighted by atomic mass is 19.1. The Hall–Kier alpha value is -3.52. The molecule has 0 bridgehead atoms. The molecule has 1 aromatic heterocycles. The molecular formula is C23H23FN2O5. The molecule has 3 aromatic rings. The molecule has 0 unspecified atom stereocenters. The van der Waals surface area contributed by atoms with Gasteiger partial charge in [0.25, 0.3) is 0 Å². The van der Waals surface area contributed by atoms with Gasteiger partial charge in [0.1, 0.15) is 11.4 Å². The van der Waals surface area contributed by atoms with E-state index >= 15 is 0 Å². The fourth-order valence-corrected chi connectivity index (χ4v) is 3.29. The van der Waals surface area contributed by atoms with Crippen LogP contribution >= 0.6 is 0 Å². The van der Waals surface area contributed by atoms with Gasteiger partial charge in [-0.2, -0.15) is 0 Å². The lowest BCUT2D eigenvalue weighted by Gasteiger charge is -2.22. The predicted octanol–water partition coefficient (Wildman–Crippen LogP) is 3.46. The number of rotatable bonds is 8. The van der Waals surface area contributed by atoms with Crippen molar-refractivity contribution < 1.29 is 23.1 Å². The van der Waals surface area contributed by atoms with Crippen molar-refractivity contribution in [3.8, 4) is 0 Å². The smallest absolute Gasteiger partial charge is 0.336 e. The molecule has 0 atom stereocenters. The van der Waals surface area contributed by atoms with Crippen LogP contribution in [0.2, 0.25) is 0 Å². The van der Waals surface area contributed by atoms with E-state index in [9.17, 15) is 18.8 Å². The highest BCUT2D eigenvalue weighted by Crippen LogP contribution is 2.23. The molecule has 0 saturated carbocycles. The second-order valence-corrected chi connectivity index (χ2v) is 7.06. The van der Waals surface area contributed by atoms with Crippen LogP contribution in [0.25, 0.3) is 11.0 Å². The van der Waals surface area contributed by atoms with Crippen molar-refractivity contribution in [3.05, 3.63) is 75.9 Å². The molecule has 2 aromatic carbocycles. The first-order valence-electron chi connectivity index (χ1n) is 9.81. The van der Waals surface area contributed by atoms with Gasteiger partial charge in [0, 0.05) is 43.2 Å². The molecule has 0 aliphatic heterocycles. The number of ether oxygens (including phenoxy) is 1. The Morgan fingerprint density at radius 1 is 1.10 bits per heavy atom. The highest BCUT2D eigenvalue weighted by molar-refractivity contribution is 5.92. The van der Waals surface area contributed by atoms with Gasteiger partial charge in [-0.1, -0.05) is 12.1 Å². The number of nitrogens with zero attached hydrogens (tertiary/aromatic N) is 1. The Bertz CT molecular complexity index is 1140. The molecular weight excluding hydrogens is 403 g/mol. The van der Waals surface area contributed by atoms with Gasteiger partial charge in [0.15, 0.2) is 0 Å². The van der Waals surface area contributed by atoms with Gasteiger partial charge in [-0.3, -0.25) is 14.5 Å². The summed E-state index contributed by atoms with van der Waals surface area (Å²) >= 11 is 0. The zero-order chi connectivity index (χ0) is 22.4. The predicted molar refractivity (Wildman–Crippen MR) is 114 cm³/mol. The van der Waals surface area contributed by atoms with Gasteiger partial charge in [-0.25, -0.2) is 9.18 Å². The van der Waals surface area contributed by atoms with Crippen molar-refractivity contribution in [1.82, 2.24) is 4.90 Å². The molecule has 162 valence electrons. The molecule has 0 radical (unpaired) electrons. The van der Waals surface area contributed by atoms with Crippen LogP contribution in [-0.2, 0) is 27.4 Å². The van der Waals surface area contributed by atoms with E-state index in [0.717, 1.165) is 5.56 Å². The minimum Gasteiger partial charge on any atom is -0.465 e. The van der Waals surface area contributed by atoms with E-state index in [1.807, 2.05) is 0 Å². The monoisotopic (exact) mass is 426 g/mol. The molecule has 1 heterocycles. The first-order valence-corrected chi connectivity index (χ1v) is 9.81. The molecule has 7 nitrogen and oxygen atoms in total. The Balaban J connectivity index is 1.92. The number of carbonyl (C=O) groups excluding carboxylic acids is 2. The molecule has 3 rings (SSSR count). The number of carbonyl (C=O) groups is 2. The van der Waals surface area contributed by atoms with Gasteiger partial charge in [-0.15, -0.1) is 0 Å². The van der Waals surface area contributed by atoms with Gasteiger partial charge in [0.05, 0.1) is 13.2 Å². The average Bonchev–Trinajstić information content (AvgIpc) is 2.69. The van der Waals surface area contributed by atoms with Crippen molar-refractivity contribution in [1.29, 1.82) is 0 Å². The first kappa shape index (κ1) is 22.2. The van der Waals surface area contributed by atoms with E-state index in [2.05, 4.69) is 5.32 Å². The highest BCUT2D eigenvalue weighted by Gasteiger charge is 2.16. The largest absolute Gasteiger partial charge is 0.465 e. The minimum absolute atomic E-state index is 0.00306. The molecule has 0 spiro atoms. The third-order valence-corrected chi connectivity index (χ3v) is 4.52. The van der Waals surface area contributed by atoms with E-state index in [1.54, 1.807) is 42.2 Å². The molecule has 31 heavy (non-hydrogen) atoms. The Morgan fingerprint density at radius 2 is 1.84 bits per heavy atom. The van der Waals surface area contributed by atoms with Gasteiger partial charge in [0.2, 0.25) is 5.91 Å². The SMILES string of the molecule is CCOC(=O)CN(Cc1ccc(F)cc1)Cc1cc(=O)oc2cc(NC(C)=O)ccc12. The number of benzene rings is 2. The summed E-state index contributed by atoms with van der Waals surface area (Å²) < 4.78 is 23.6. The molecule has 8 heteroatoms. The van der Waals surface area contributed by atoms with E-state index in [-0.39, 0.29) is 31.4 Å². The second kappa shape index (κ2) is 9.99. The van der Waals surface area contributed by atoms with Crippen LogP contribution in [0.3, 0.4) is 0 Å².